The van der Waals surface area contributed by atoms with Crippen molar-refractivity contribution in [3.63, 3.8) is 0 Å². The summed E-state index contributed by atoms with van der Waals surface area (Å²) in [7, 11) is -3.72. The van der Waals surface area contributed by atoms with Gasteiger partial charge in [0.2, 0.25) is 0 Å². The van der Waals surface area contributed by atoms with Crippen molar-refractivity contribution in [1.29, 1.82) is 0 Å². The lowest BCUT2D eigenvalue weighted by Gasteiger charge is -2.30. The molecule has 8 nitrogen and oxygen atoms in total. The first-order chi connectivity index (χ1) is 15.9. The maximum atomic E-state index is 13.2. The van der Waals surface area contributed by atoms with Gasteiger partial charge < -0.3 is 23.1 Å². The maximum absolute atomic E-state index is 13.2. The second kappa shape index (κ2) is 9.45. The number of alkyl halides is 3. The van der Waals surface area contributed by atoms with Gasteiger partial charge in [0, 0.05) is 0 Å². The molecule has 0 bridgehead atoms. The maximum Gasteiger partial charge on any atom is 0.534 e. The summed E-state index contributed by atoms with van der Waals surface area (Å²) in [4.78, 5) is 12.7. The van der Waals surface area contributed by atoms with Crippen LogP contribution in [-0.2, 0) is 23.8 Å². The average molecular weight is 502 g/mol. The Balaban J connectivity index is 2.28. The summed E-state index contributed by atoms with van der Waals surface area (Å²) in [6.45, 7) is 3.44. The van der Waals surface area contributed by atoms with Crippen molar-refractivity contribution in [3.8, 4) is 17.2 Å². The Morgan fingerprint density at radius 3 is 2.18 bits per heavy atom. The molecule has 2 aromatic rings. The molecule has 0 radical (unpaired) electrons. The molecule has 1 aliphatic heterocycles. The summed E-state index contributed by atoms with van der Waals surface area (Å²) in [6, 6.07) is 10.2. The van der Waals surface area contributed by atoms with Gasteiger partial charge in [0.15, 0.2) is 11.9 Å². The van der Waals surface area contributed by atoms with Gasteiger partial charge in [0.05, 0.1) is 25.9 Å². The van der Waals surface area contributed by atoms with Gasteiger partial charge in [0.1, 0.15) is 22.8 Å². The van der Waals surface area contributed by atoms with E-state index in [1.54, 1.807) is 13.8 Å². The predicted molar refractivity (Wildman–Crippen MR) is 114 cm³/mol. The molecule has 0 saturated heterocycles. The Kier molecular flexibility index (Phi) is 7.01. The smallest absolute Gasteiger partial charge is 0.497 e. The van der Waals surface area contributed by atoms with Gasteiger partial charge in [-0.25, -0.2) is 4.79 Å². The van der Waals surface area contributed by atoms with Crippen LogP contribution < -0.4 is 14.2 Å². The minimum atomic E-state index is -6.15. The molecule has 0 fully saturated rings. The number of esters is 1. The average Bonchev–Trinajstić information content (AvgIpc) is 2.77. The van der Waals surface area contributed by atoms with E-state index in [2.05, 4.69) is 4.18 Å². The third-order valence-corrected chi connectivity index (χ3v) is 5.57. The van der Waals surface area contributed by atoms with E-state index in [-0.39, 0.29) is 23.2 Å². The fourth-order valence-corrected chi connectivity index (χ4v) is 3.65. The number of halogens is 3. The number of ether oxygens (including phenoxy) is 4. The zero-order valence-electron chi connectivity index (χ0n) is 18.5. The van der Waals surface area contributed by atoms with E-state index in [4.69, 9.17) is 18.9 Å². The molecular formula is C22H21F3O8S. The first-order valence-electron chi connectivity index (χ1n) is 9.83. The van der Waals surface area contributed by atoms with E-state index in [0.717, 1.165) is 7.11 Å². The normalized spacial score (nSPS) is 15.9. The zero-order chi connectivity index (χ0) is 25.3. The highest BCUT2D eigenvalue weighted by atomic mass is 32.2. The lowest BCUT2D eigenvalue weighted by atomic mass is 9.94. The van der Waals surface area contributed by atoms with Gasteiger partial charge in [0.25, 0.3) is 0 Å². The molecule has 0 amide bonds. The van der Waals surface area contributed by atoms with Crippen LogP contribution in [0.25, 0.3) is 5.76 Å². The molecule has 2 aromatic carbocycles. The van der Waals surface area contributed by atoms with E-state index in [0.29, 0.717) is 11.3 Å². The second-order valence-corrected chi connectivity index (χ2v) is 8.85. The minimum absolute atomic E-state index is 0.0306. The molecule has 0 aromatic heterocycles. The van der Waals surface area contributed by atoms with Gasteiger partial charge in [-0.2, -0.15) is 21.6 Å². The molecule has 184 valence electrons. The van der Waals surface area contributed by atoms with Crippen molar-refractivity contribution in [2.24, 2.45) is 0 Å². The summed E-state index contributed by atoms with van der Waals surface area (Å²) < 4.78 is 89.3. The van der Waals surface area contributed by atoms with E-state index < -0.39 is 39.0 Å². The fraction of sp³-hybridized carbons (Fsp3) is 0.318. The van der Waals surface area contributed by atoms with Gasteiger partial charge in [-0.3, -0.25) is 0 Å². The molecule has 12 heteroatoms. The van der Waals surface area contributed by atoms with Crippen molar-refractivity contribution in [2.75, 3.05) is 14.2 Å². The van der Waals surface area contributed by atoms with Crippen LogP contribution in [0.15, 0.2) is 48.0 Å². The van der Waals surface area contributed by atoms with Crippen LogP contribution in [0.5, 0.6) is 17.2 Å². The van der Waals surface area contributed by atoms with E-state index in [1.807, 2.05) is 0 Å². The van der Waals surface area contributed by atoms with Gasteiger partial charge in [-0.05, 0) is 49.7 Å². The quantitative estimate of drug-likeness (QED) is 0.313. The van der Waals surface area contributed by atoms with E-state index in [1.165, 1.54) is 49.6 Å². The highest BCUT2D eigenvalue weighted by Gasteiger charge is 2.51. The molecule has 3 rings (SSSR count). The largest absolute Gasteiger partial charge is 0.534 e. The van der Waals surface area contributed by atoms with Crippen LogP contribution in [0.3, 0.4) is 0 Å². The number of hydrogen-bond donors (Lipinski definition) is 0. The van der Waals surface area contributed by atoms with Crippen LogP contribution >= 0.6 is 0 Å². The number of fused-ring (bicyclic) bond motifs is 1. The molecule has 1 aliphatic rings. The number of carbonyl (C=O) groups excluding carboxylic acids is 1. The van der Waals surface area contributed by atoms with Crippen LogP contribution in [0.1, 0.15) is 31.1 Å². The molecule has 1 atom stereocenters. The fourth-order valence-electron chi connectivity index (χ4n) is 3.15. The molecule has 1 unspecified atom stereocenters. The summed E-state index contributed by atoms with van der Waals surface area (Å²) >= 11 is 0. The van der Waals surface area contributed by atoms with Gasteiger partial charge in [-0.1, -0.05) is 12.1 Å². The topological polar surface area (TPSA) is 97.4 Å². The summed E-state index contributed by atoms with van der Waals surface area (Å²) in [5, 5.41) is 0. The number of carbonyl (C=O) groups is 1. The highest BCUT2D eigenvalue weighted by Crippen LogP contribution is 2.46. The van der Waals surface area contributed by atoms with Crippen molar-refractivity contribution < 1.29 is 49.5 Å². The van der Waals surface area contributed by atoms with Gasteiger partial charge in [-0.15, -0.1) is 0 Å². The lowest BCUT2D eigenvalue weighted by Crippen LogP contribution is -2.29. The minimum Gasteiger partial charge on any atom is -0.497 e. The Morgan fingerprint density at radius 1 is 1.03 bits per heavy atom. The molecule has 0 spiro atoms. The molecule has 1 heterocycles. The predicted octanol–water partition coefficient (Wildman–Crippen LogP) is 4.37. The highest BCUT2D eigenvalue weighted by molar-refractivity contribution is 7.87. The third-order valence-electron chi connectivity index (χ3n) is 4.62. The molecule has 34 heavy (non-hydrogen) atoms. The van der Waals surface area contributed by atoms with Crippen molar-refractivity contribution in [3.05, 3.63) is 59.2 Å². The zero-order valence-corrected chi connectivity index (χ0v) is 19.3. The Labute approximate surface area is 194 Å². The van der Waals surface area contributed by atoms with Crippen molar-refractivity contribution in [2.45, 2.75) is 31.6 Å². The number of benzene rings is 2. The van der Waals surface area contributed by atoms with Crippen LogP contribution in [0, 0.1) is 0 Å². The van der Waals surface area contributed by atoms with Crippen LogP contribution in [-0.4, -0.2) is 40.2 Å². The number of rotatable bonds is 7. The lowest BCUT2D eigenvalue weighted by molar-refractivity contribution is -0.137. The number of methoxy groups -OCH3 is 2. The first-order valence-corrected chi connectivity index (χ1v) is 11.2. The van der Waals surface area contributed by atoms with Crippen molar-refractivity contribution in [1.82, 2.24) is 0 Å². The first kappa shape index (κ1) is 25.2. The standard InChI is InChI=1S/C22H21F3O8S/c1-12(2)31-15-9-10-17-16(11-15)20(33-34(27,28)22(23,24)25)18(21(26)30-4)19(32-17)13-5-7-14(29-3)8-6-13/h5-12,19H,1-4H3. The Hall–Kier alpha value is -3.41. The van der Waals surface area contributed by atoms with Crippen LogP contribution in [0.2, 0.25) is 0 Å². The summed E-state index contributed by atoms with van der Waals surface area (Å²) in [5.74, 6) is -1.39. The van der Waals surface area contributed by atoms with E-state index in [9.17, 15) is 26.4 Å². The second-order valence-electron chi connectivity index (χ2n) is 7.31. The van der Waals surface area contributed by atoms with Crippen LogP contribution in [0.4, 0.5) is 13.2 Å². The summed E-state index contributed by atoms with van der Waals surface area (Å²) in [5.41, 5.74) is -6.24. The molecule has 0 saturated carbocycles. The molecule has 0 N–H and O–H groups in total. The van der Waals surface area contributed by atoms with E-state index >= 15 is 0 Å². The van der Waals surface area contributed by atoms with Gasteiger partial charge >= 0.3 is 21.6 Å². The third kappa shape index (κ3) is 5.06. The SMILES string of the molecule is COC(=O)C1=C(OS(=O)(=O)C(F)(F)F)c2cc(OC(C)C)ccc2OC1c1ccc(OC)cc1. The molecule has 0 aliphatic carbocycles. The monoisotopic (exact) mass is 502 g/mol. The Morgan fingerprint density at radius 2 is 1.65 bits per heavy atom. The summed E-state index contributed by atoms with van der Waals surface area (Å²) in [6.07, 6.45) is -1.65. The molecular weight excluding hydrogens is 481 g/mol. The Bertz CT molecular complexity index is 1200. The van der Waals surface area contributed by atoms with Crippen molar-refractivity contribution >= 4 is 21.8 Å². The number of hydrogen-bond acceptors (Lipinski definition) is 8.